The third-order valence-electron chi connectivity index (χ3n) is 4.18. The Hall–Kier alpha value is -1.25. The maximum atomic E-state index is 10.9. The summed E-state index contributed by atoms with van der Waals surface area (Å²) in [5, 5.41) is 8.26. The number of nitrogens with zero attached hydrogens (tertiary/aromatic N) is 3. The molecule has 0 radical (unpaired) electrons. The molecular weight excluding hydrogens is 385 g/mol. The molecule has 28 heavy (non-hydrogen) atoms. The van der Waals surface area contributed by atoms with Crippen molar-refractivity contribution in [2.45, 2.75) is 44.4 Å². The molecule has 2 aromatic carbocycles. The van der Waals surface area contributed by atoms with Crippen molar-refractivity contribution in [1.82, 2.24) is 0 Å². The van der Waals surface area contributed by atoms with Gasteiger partial charge in [0.2, 0.25) is 0 Å². The van der Waals surface area contributed by atoms with Crippen LogP contribution in [0, 0.1) is 0 Å². The minimum Gasteiger partial charge on any atom is -0.744 e. The Balaban J connectivity index is 0.00000392. The summed E-state index contributed by atoms with van der Waals surface area (Å²) in [5.41, 5.74) is 2.38. The van der Waals surface area contributed by atoms with Crippen LogP contribution in [-0.2, 0) is 10.1 Å². The molecule has 0 N–H and O–H groups in total. The Morgan fingerprint density at radius 1 is 0.821 bits per heavy atom. The third-order valence-corrected chi connectivity index (χ3v) is 5.03. The Labute approximate surface area is 190 Å². The standard InChI is InChI=1S/C20H27N3O3S.Na/c1-3-5-15-23(16-6-4-2)19-11-7-17(8-12-19)21-22-18-9-13-20(14-10-18)27(24,25)26;/h7-14H,3-6,15-16H2,1-2H3,(H,24,25,26);/q;+1/p-1. The molecule has 2 rings (SSSR count). The number of anilines is 1. The van der Waals surface area contributed by atoms with Crippen molar-refractivity contribution in [2.75, 3.05) is 18.0 Å². The van der Waals surface area contributed by atoms with Gasteiger partial charge in [-0.05, 0) is 61.4 Å². The number of azo groups is 1. The Morgan fingerprint density at radius 3 is 1.64 bits per heavy atom. The molecule has 0 heterocycles. The first-order valence-electron chi connectivity index (χ1n) is 9.26. The second-order valence-electron chi connectivity index (χ2n) is 6.36. The summed E-state index contributed by atoms with van der Waals surface area (Å²) in [7, 11) is -4.44. The van der Waals surface area contributed by atoms with E-state index in [2.05, 4.69) is 29.0 Å². The van der Waals surface area contributed by atoms with E-state index in [9.17, 15) is 13.0 Å². The van der Waals surface area contributed by atoms with Crippen molar-refractivity contribution in [3.63, 3.8) is 0 Å². The number of benzene rings is 2. The minimum absolute atomic E-state index is 0. The number of hydrogen-bond acceptors (Lipinski definition) is 6. The van der Waals surface area contributed by atoms with Crippen LogP contribution >= 0.6 is 0 Å². The van der Waals surface area contributed by atoms with Gasteiger partial charge in [0.15, 0.2) is 0 Å². The fourth-order valence-electron chi connectivity index (χ4n) is 2.59. The van der Waals surface area contributed by atoms with Crippen LogP contribution < -0.4 is 34.5 Å². The van der Waals surface area contributed by atoms with Crippen LogP contribution in [0.15, 0.2) is 63.7 Å². The average Bonchev–Trinajstić information content (AvgIpc) is 2.67. The summed E-state index contributed by atoms with van der Waals surface area (Å²) in [6, 6.07) is 13.3. The van der Waals surface area contributed by atoms with E-state index >= 15 is 0 Å². The molecule has 146 valence electrons. The van der Waals surface area contributed by atoms with Crippen LogP contribution in [0.25, 0.3) is 0 Å². The van der Waals surface area contributed by atoms with Crippen molar-refractivity contribution in [3.8, 4) is 0 Å². The molecule has 0 amide bonds. The van der Waals surface area contributed by atoms with Gasteiger partial charge in [0, 0.05) is 18.8 Å². The molecule has 6 nitrogen and oxygen atoms in total. The molecule has 0 fully saturated rings. The summed E-state index contributed by atoms with van der Waals surface area (Å²) in [6.07, 6.45) is 4.67. The van der Waals surface area contributed by atoms with Crippen LogP contribution in [0.1, 0.15) is 39.5 Å². The molecule has 0 saturated heterocycles. The van der Waals surface area contributed by atoms with Gasteiger partial charge in [-0.25, -0.2) is 8.42 Å². The van der Waals surface area contributed by atoms with Crippen LogP contribution in [-0.4, -0.2) is 26.1 Å². The minimum atomic E-state index is -4.44. The zero-order valence-electron chi connectivity index (χ0n) is 16.8. The molecule has 0 aliphatic heterocycles. The molecule has 8 heteroatoms. The first-order chi connectivity index (χ1) is 12.9. The topological polar surface area (TPSA) is 85.2 Å². The van der Waals surface area contributed by atoms with Gasteiger partial charge in [0.1, 0.15) is 10.1 Å². The van der Waals surface area contributed by atoms with Gasteiger partial charge in [0.05, 0.1) is 16.3 Å². The fraction of sp³-hybridized carbons (Fsp3) is 0.400. The maximum Gasteiger partial charge on any atom is 1.00 e. The second kappa shape index (κ2) is 12.3. The quantitative estimate of drug-likeness (QED) is 0.341. The average molecular weight is 412 g/mol. The van der Waals surface area contributed by atoms with Crippen LogP contribution in [0.5, 0.6) is 0 Å². The van der Waals surface area contributed by atoms with Gasteiger partial charge < -0.3 is 9.45 Å². The Kier molecular flexibility index (Phi) is 10.9. The molecule has 0 atom stereocenters. The first-order valence-corrected chi connectivity index (χ1v) is 10.7. The van der Waals surface area contributed by atoms with E-state index in [0.29, 0.717) is 11.4 Å². The zero-order chi connectivity index (χ0) is 19.7. The Morgan fingerprint density at radius 2 is 1.25 bits per heavy atom. The predicted molar refractivity (Wildman–Crippen MR) is 107 cm³/mol. The molecule has 2 aromatic rings. The molecule has 0 aliphatic carbocycles. The van der Waals surface area contributed by atoms with Gasteiger partial charge in [-0.2, -0.15) is 10.2 Å². The van der Waals surface area contributed by atoms with E-state index in [1.165, 1.54) is 55.6 Å². The van der Waals surface area contributed by atoms with Gasteiger partial charge in [-0.1, -0.05) is 26.7 Å². The smallest absolute Gasteiger partial charge is 0.744 e. The molecule has 0 unspecified atom stereocenters. The van der Waals surface area contributed by atoms with E-state index in [1.807, 2.05) is 24.3 Å². The predicted octanol–water partition coefficient (Wildman–Crippen LogP) is 2.42. The van der Waals surface area contributed by atoms with Crippen molar-refractivity contribution in [3.05, 3.63) is 48.5 Å². The second-order valence-corrected chi connectivity index (χ2v) is 7.74. The van der Waals surface area contributed by atoms with Gasteiger partial charge in [-0.15, -0.1) is 0 Å². The van der Waals surface area contributed by atoms with Crippen LogP contribution in [0.3, 0.4) is 0 Å². The third kappa shape index (κ3) is 8.01. The largest absolute Gasteiger partial charge is 1.00 e. The van der Waals surface area contributed by atoms with Crippen LogP contribution in [0.2, 0.25) is 0 Å². The van der Waals surface area contributed by atoms with Crippen molar-refractivity contribution < 1.29 is 42.5 Å². The fourth-order valence-corrected chi connectivity index (χ4v) is 3.06. The van der Waals surface area contributed by atoms with E-state index in [-0.39, 0.29) is 34.5 Å². The van der Waals surface area contributed by atoms with Gasteiger partial charge in [-0.3, -0.25) is 0 Å². The summed E-state index contributed by atoms with van der Waals surface area (Å²) < 4.78 is 32.8. The van der Waals surface area contributed by atoms with Gasteiger partial charge >= 0.3 is 29.6 Å². The summed E-state index contributed by atoms with van der Waals surface area (Å²) in [6.45, 7) is 6.49. The molecular formula is C20H26N3NaO3S. The number of hydrogen-bond donors (Lipinski definition) is 0. The molecule has 0 saturated carbocycles. The SMILES string of the molecule is CCCCN(CCCC)c1ccc(N=Nc2ccc(S(=O)(=O)[O-])cc2)cc1.[Na+]. The van der Waals surface area contributed by atoms with Crippen LogP contribution in [0.4, 0.5) is 17.1 Å². The summed E-state index contributed by atoms with van der Waals surface area (Å²) >= 11 is 0. The van der Waals surface area contributed by atoms with E-state index in [4.69, 9.17) is 0 Å². The van der Waals surface area contributed by atoms with Crippen molar-refractivity contribution in [1.29, 1.82) is 0 Å². The Bertz CT molecular complexity index is 830. The molecule has 0 aliphatic rings. The zero-order valence-corrected chi connectivity index (χ0v) is 19.7. The summed E-state index contributed by atoms with van der Waals surface area (Å²) in [5.74, 6) is 0. The van der Waals surface area contributed by atoms with Crippen molar-refractivity contribution in [2.24, 2.45) is 10.2 Å². The van der Waals surface area contributed by atoms with E-state index in [0.717, 1.165) is 13.1 Å². The normalized spacial score (nSPS) is 11.4. The van der Waals surface area contributed by atoms with Crippen molar-refractivity contribution >= 4 is 27.2 Å². The number of unbranched alkanes of at least 4 members (excludes halogenated alkanes) is 2. The maximum absolute atomic E-state index is 10.9. The summed E-state index contributed by atoms with van der Waals surface area (Å²) in [4.78, 5) is 2.13. The molecule has 0 bridgehead atoms. The molecule has 0 aromatic heterocycles. The van der Waals surface area contributed by atoms with E-state index in [1.54, 1.807) is 0 Å². The van der Waals surface area contributed by atoms with E-state index < -0.39 is 10.1 Å². The van der Waals surface area contributed by atoms with Gasteiger partial charge in [0.25, 0.3) is 0 Å². The number of rotatable bonds is 10. The first kappa shape index (κ1) is 24.8. The molecule has 0 spiro atoms. The monoisotopic (exact) mass is 411 g/mol.